The molecule has 0 aliphatic heterocycles. The Morgan fingerprint density at radius 2 is 1.94 bits per heavy atom. The number of rotatable bonds is 2. The smallest absolute Gasteiger partial charge is 0.257 e. The second kappa shape index (κ2) is 4.14. The van der Waals surface area contributed by atoms with Crippen LogP contribution in [-0.2, 0) is 6.42 Å². The molecule has 4 heteroatoms. The number of aromatic amines is 1. The van der Waals surface area contributed by atoms with Gasteiger partial charge in [0.1, 0.15) is 11.5 Å². The van der Waals surface area contributed by atoms with Crippen LogP contribution >= 0.6 is 0 Å². The molecule has 0 unspecified atom stereocenters. The summed E-state index contributed by atoms with van der Waals surface area (Å²) < 4.78 is 1.61. The zero-order valence-electron chi connectivity index (χ0n) is 10.1. The minimum Gasteiger partial charge on any atom is -0.269 e. The molecule has 0 radical (unpaired) electrons. The fourth-order valence-electron chi connectivity index (χ4n) is 2.02. The van der Waals surface area contributed by atoms with E-state index in [1.807, 2.05) is 6.07 Å². The highest BCUT2D eigenvalue weighted by atomic mass is 16.1. The van der Waals surface area contributed by atoms with E-state index in [1.165, 1.54) is 5.56 Å². The van der Waals surface area contributed by atoms with Gasteiger partial charge in [-0.1, -0.05) is 35.9 Å². The first-order chi connectivity index (χ1) is 8.74. The summed E-state index contributed by atoms with van der Waals surface area (Å²) in [5, 5.41) is 7.09. The molecule has 0 bridgehead atoms. The fraction of sp³-hybridized carbons (Fsp3) is 0.143. The molecule has 0 saturated heterocycles. The molecule has 1 aromatic carbocycles. The normalized spacial score (nSPS) is 10.9. The van der Waals surface area contributed by atoms with Crippen LogP contribution in [0, 0.1) is 6.92 Å². The fourth-order valence-corrected chi connectivity index (χ4v) is 2.02. The van der Waals surface area contributed by atoms with Crippen molar-refractivity contribution in [1.82, 2.24) is 14.6 Å². The summed E-state index contributed by atoms with van der Waals surface area (Å²) in [6, 6.07) is 13.4. The average molecular weight is 239 g/mol. The number of H-pyrrole nitrogens is 1. The molecule has 0 fully saturated rings. The number of aryl methyl sites for hydroxylation is 1. The molecule has 0 atom stereocenters. The summed E-state index contributed by atoms with van der Waals surface area (Å²) >= 11 is 0. The third-order valence-corrected chi connectivity index (χ3v) is 2.99. The lowest BCUT2D eigenvalue weighted by Gasteiger charge is -2.00. The zero-order chi connectivity index (χ0) is 12.5. The molecule has 90 valence electrons. The van der Waals surface area contributed by atoms with Crippen molar-refractivity contribution in [2.75, 3.05) is 0 Å². The van der Waals surface area contributed by atoms with E-state index < -0.39 is 0 Å². The number of aromatic nitrogens is 3. The van der Waals surface area contributed by atoms with Gasteiger partial charge in [-0.3, -0.25) is 9.89 Å². The largest absolute Gasteiger partial charge is 0.269 e. The Morgan fingerprint density at radius 1 is 1.17 bits per heavy atom. The predicted molar refractivity (Wildman–Crippen MR) is 69.8 cm³/mol. The quantitative estimate of drug-likeness (QED) is 0.742. The monoisotopic (exact) mass is 239 g/mol. The van der Waals surface area contributed by atoms with Crippen molar-refractivity contribution < 1.29 is 0 Å². The average Bonchev–Trinajstić information content (AvgIpc) is 2.77. The van der Waals surface area contributed by atoms with Gasteiger partial charge in [0.15, 0.2) is 0 Å². The molecule has 0 amide bonds. The second-order valence-electron chi connectivity index (χ2n) is 4.39. The number of nitrogens with zero attached hydrogens (tertiary/aromatic N) is 2. The van der Waals surface area contributed by atoms with E-state index in [9.17, 15) is 4.79 Å². The van der Waals surface area contributed by atoms with Crippen LogP contribution in [-0.4, -0.2) is 14.6 Å². The molecule has 0 saturated carbocycles. The van der Waals surface area contributed by atoms with E-state index >= 15 is 0 Å². The molecule has 2 aromatic heterocycles. The Balaban J connectivity index is 2.05. The lowest BCUT2D eigenvalue weighted by atomic mass is 10.1. The SMILES string of the molecule is Cc1ccc(Cc2n[nH]c3cccc(=O)n23)cc1. The van der Waals surface area contributed by atoms with Crippen LogP contribution in [0.3, 0.4) is 0 Å². The zero-order valence-corrected chi connectivity index (χ0v) is 10.1. The topological polar surface area (TPSA) is 50.2 Å². The van der Waals surface area contributed by atoms with Gasteiger partial charge in [-0.05, 0) is 18.6 Å². The molecular weight excluding hydrogens is 226 g/mol. The number of hydrogen-bond donors (Lipinski definition) is 1. The van der Waals surface area contributed by atoms with Crippen molar-refractivity contribution in [2.45, 2.75) is 13.3 Å². The molecular formula is C14H13N3O. The first kappa shape index (κ1) is 10.8. The number of hydrogen-bond acceptors (Lipinski definition) is 2. The Hall–Kier alpha value is -2.36. The highest BCUT2D eigenvalue weighted by Gasteiger charge is 2.06. The second-order valence-corrected chi connectivity index (χ2v) is 4.39. The van der Waals surface area contributed by atoms with Gasteiger partial charge >= 0.3 is 0 Å². The number of fused-ring (bicyclic) bond motifs is 1. The first-order valence-corrected chi connectivity index (χ1v) is 5.84. The Bertz CT molecular complexity index is 738. The van der Waals surface area contributed by atoms with Crippen LogP contribution in [0.25, 0.3) is 5.65 Å². The summed E-state index contributed by atoms with van der Waals surface area (Å²) in [5.41, 5.74) is 3.04. The standard InChI is InChI=1S/C14H13N3O/c1-10-5-7-11(8-6-10)9-13-16-15-12-3-2-4-14(18)17(12)13/h2-8,15H,9H2,1H3. The van der Waals surface area contributed by atoms with Gasteiger partial charge in [0.2, 0.25) is 0 Å². The summed E-state index contributed by atoms with van der Waals surface area (Å²) in [7, 11) is 0. The summed E-state index contributed by atoms with van der Waals surface area (Å²) in [5.74, 6) is 0.736. The minimum absolute atomic E-state index is 0.0524. The van der Waals surface area contributed by atoms with Crippen LogP contribution in [0.4, 0.5) is 0 Å². The maximum absolute atomic E-state index is 11.8. The number of pyridine rings is 1. The van der Waals surface area contributed by atoms with Crippen molar-refractivity contribution in [2.24, 2.45) is 0 Å². The van der Waals surface area contributed by atoms with Crippen LogP contribution in [0.5, 0.6) is 0 Å². The molecule has 3 rings (SSSR count). The van der Waals surface area contributed by atoms with Crippen LogP contribution in [0.2, 0.25) is 0 Å². The van der Waals surface area contributed by atoms with Gasteiger partial charge < -0.3 is 0 Å². The van der Waals surface area contributed by atoms with Crippen molar-refractivity contribution in [3.05, 3.63) is 69.8 Å². The number of benzene rings is 1. The highest BCUT2D eigenvalue weighted by Crippen LogP contribution is 2.09. The first-order valence-electron chi connectivity index (χ1n) is 5.84. The van der Waals surface area contributed by atoms with Gasteiger partial charge in [0.05, 0.1) is 0 Å². The van der Waals surface area contributed by atoms with E-state index in [-0.39, 0.29) is 5.56 Å². The lowest BCUT2D eigenvalue weighted by Crippen LogP contribution is -2.13. The van der Waals surface area contributed by atoms with Gasteiger partial charge in [-0.25, -0.2) is 4.40 Å². The van der Waals surface area contributed by atoms with Crippen LogP contribution in [0.1, 0.15) is 17.0 Å². The maximum Gasteiger partial charge on any atom is 0.257 e. The van der Waals surface area contributed by atoms with Crippen molar-refractivity contribution in [1.29, 1.82) is 0 Å². The van der Waals surface area contributed by atoms with Crippen LogP contribution < -0.4 is 5.56 Å². The van der Waals surface area contributed by atoms with E-state index in [0.717, 1.165) is 17.0 Å². The van der Waals surface area contributed by atoms with Crippen molar-refractivity contribution in [3.63, 3.8) is 0 Å². The maximum atomic E-state index is 11.8. The molecule has 3 aromatic rings. The number of nitrogens with one attached hydrogen (secondary N) is 1. The molecule has 4 nitrogen and oxygen atoms in total. The minimum atomic E-state index is -0.0524. The molecule has 0 aliphatic carbocycles. The molecule has 1 N–H and O–H groups in total. The Morgan fingerprint density at radius 3 is 2.72 bits per heavy atom. The molecule has 0 aliphatic rings. The lowest BCUT2D eigenvalue weighted by molar-refractivity contribution is 0.917. The van der Waals surface area contributed by atoms with Crippen molar-refractivity contribution >= 4 is 5.65 Å². The van der Waals surface area contributed by atoms with E-state index in [4.69, 9.17) is 0 Å². The Labute approximate surface area is 104 Å². The van der Waals surface area contributed by atoms with E-state index in [2.05, 4.69) is 41.4 Å². The molecule has 0 spiro atoms. The predicted octanol–water partition coefficient (Wildman–Crippen LogP) is 1.92. The molecule has 2 heterocycles. The van der Waals surface area contributed by atoms with Crippen LogP contribution in [0.15, 0.2) is 47.3 Å². The van der Waals surface area contributed by atoms with Gasteiger partial charge in [0.25, 0.3) is 5.56 Å². The Kier molecular flexibility index (Phi) is 2.48. The summed E-state index contributed by atoms with van der Waals surface area (Å²) in [6.45, 7) is 2.05. The van der Waals surface area contributed by atoms with Gasteiger partial charge in [0, 0.05) is 12.5 Å². The van der Waals surface area contributed by atoms with E-state index in [1.54, 1.807) is 16.5 Å². The van der Waals surface area contributed by atoms with Gasteiger partial charge in [-0.15, -0.1) is 0 Å². The third-order valence-electron chi connectivity index (χ3n) is 2.99. The highest BCUT2D eigenvalue weighted by molar-refractivity contribution is 5.38. The van der Waals surface area contributed by atoms with Crippen molar-refractivity contribution in [3.8, 4) is 0 Å². The summed E-state index contributed by atoms with van der Waals surface area (Å²) in [4.78, 5) is 11.8. The van der Waals surface area contributed by atoms with Gasteiger partial charge in [-0.2, -0.15) is 5.10 Å². The molecule has 18 heavy (non-hydrogen) atoms. The third kappa shape index (κ3) is 1.82. The van der Waals surface area contributed by atoms with E-state index in [0.29, 0.717) is 6.42 Å². The summed E-state index contributed by atoms with van der Waals surface area (Å²) in [6.07, 6.45) is 0.643.